The lowest BCUT2D eigenvalue weighted by atomic mass is 10.3. The molecule has 0 unspecified atom stereocenters. The zero-order valence-electron chi connectivity index (χ0n) is 9.62. The van der Waals surface area contributed by atoms with Gasteiger partial charge in [-0.1, -0.05) is 5.16 Å². The zero-order chi connectivity index (χ0) is 13.7. The SMILES string of the molecule is O=C(NCCc1ncon1)Nc1sccc1C(=O)O. The lowest BCUT2D eigenvalue weighted by Crippen LogP contribution is -2.30. The molecule has 0 spiro atoms. The van der Waals surface area contributed by atoms with Crippen molar-refractivity contribution >= 4 is 28.3 Å². The maximum Gasteiger partial charge on any atom is 0.338 e. The molecule has 2 aromatic heterocycles. The summed E-state index contributed by atoms with van der Waals surface area (Å²) in [5.74, 6) is -0.592. The van der Waals surface area contributed by atoms with Crippen molar-refractivity contribution in [1.29, 1.82) is 0 Å². The number of hydrogen-bond donors (Lipinski definition) is 3. The van der Waals surface area contributed by atoms with Crippen LogP contribution in [-0.4, -0.2) is 33.8 Å². The van der Waals surface area contributed by atoms with E-state index in [9.17, 15) is 9.59 Å². The minimum absolute atomic E-state index is 0.0679. The minimum atomic E-state index is -1.08. The Bertz CT molecular complexity index is 566. The molecule has 0 atom stereocenters. The third kappa shape index (κ3) is 3.52. The van der Waals surface area contributed by atoms with Gasteiger partial charge >= 0.3 is 12.0 Å². The van der Waals surface area contributed by atoms with Crippen LogP contribution in [0.4, 0.5) is 9.80 Å². The minimum Gasteiger partial charge on any atom is -0.478 e. The molecule has 2 heterocycles. The summed E-state index contributed by atoms with van der Waals surface area (Å²) >= 11 is 1.14. The monoisotopic (exact) mass is 282 g/mol. The van der Waals surface area contributed by atoms with Gasteiger partial charge in [0.25, 0.3) is 0 Å². The first kappa shape index (κ1) is 13.0. The van der Waals surface area contributed by atoms with Gasteiger partial charge in [0.2, 0.25) is 6.39 Å². The molecule has 3 N–H and O–H groups in total. The maximum absolute atomic E-state index is 11.5. The standard InChI is InChI=1S/C10H10N4O4S/c15-9(16)6-2-4-19-8(6)13-10(17)11-3-1-7-12-5-18-14-7/h2,4-5H,1,3H2,(H,15,16)(H2,11,13,17). The number of anilines is 1. The van der Waals surface area contributed by atoms with Crippen LogP contribution in [0.1, 0.15) is 16.2 Å². The van der Waals surface area contributed by atoms with Crippen LogP contribution >= 0.6 is 11.3 Å². The Hall–Kier alpha value is -2.42. The molecule has 2 aromatic rings. The number of carbonyl (C=O) groups is 2. The van der Waals surface area contributed by atoms with Crippen molar-refractivity contribution in [3.63, 3.8) is 0 Å². The molecule has 0 saturated carbocycles. The normalized spacial score (nSPS) is 10.1. The van der Waals surface area contributed by atoms with Crippen LogP contribution in [0.5, 0.6) is 0 Å². The second-order valence-corrected chi connectivity index (χ2v) is 4.36. The Morgan fingerprint density at radius 2 is 2.32 bits per heavy atom. The molecule has 0 fully saturated rings. The summed E-state index contributed by atoms with van der Waals surface area (Å²) in [6.07, 6.45) is 1.64. The molecule has 0 aromatic carbocycles. The van der Waals surface area contributed by atoms with Crippen LogP contribution in [0, 0.1) is 0 Å². The molecule has 0 aliphatic rings. The van der Waals surface area contributed by atoms with Crippen molar-refractivity contribution in [2.45, 2.75) is 6.42 Å². The van der Waals surface area contributed by atoms with Crippen LogP contribution in [0.25, 0.3) is 0 Å². The topological polar surface area (TPSA) is 117 Å². The summed E-state index contributed by atoms with van der Waals surface area (Å²) in [5, 5.41) is 19.4. The number of aromatic nitrogens is 2. The van der Waals surface area contributed by atoms with E-state index in [1.165, 1.54) is 12.5 Å². The van der Waals surface area contributed by atoms with Crippen molar-refractivity contribution < 1.29 is 19.2 Å². The molecule has 2 rings (SSSR count). The van der Waals surface area contributed by atoms with Crippen molar-refractivity contribution in [2.75, 3.05) is 11.9 Å². The lowest BCUT2D eigenvalue weighted by molar-refractivity contribution is 0.0698. The molecule has 2 amide bonds. The molecular formula is C10H10N4O4S. The Morgan fingerprint density at radius 3 is 3.00 bits per heavy atom. The quantitative estimate of drug-likeness (QED) is 0.758. The molecule has 8 nitrogen and oxygen atoms in total. The number of urea groups is 1. The number of carbonyl (C=O) groups excluding carboxylic acids is 1. The molecule has 9 heteroatoms. The average molecular weight is 282 g/mol. The zero-order valence-corrected chi connectivity index (χ0v) is 10.4. The third-order valence-corrected chi connectivity index (χ3v) is 2.99. The fourth-order valence-corrected chi connectivity index (χ4v) is 2.09. The molecule has 0 aliphatic carbocycles. The molecule has 0 aliphatic heterocycles. The van der Waals surface area contributed by atoms with Crippen LogP contribution in [0.15, 0.2) is 22.4 Å². The van der Waals surface area contributed by atoms with Gasteiger partial charge in [-0.25, -0.2) is 9.59 Å². The molecule has 100 valence electrons. The van der Waals surface area contributed by atoms with Crippen molar-refractivity contribution in [3.8, 4) is 0 Å². The fraction of sp³-hybridized carbons (Fsp3) is 0.200. The van der Waals surface area contributed by atoms with Crippen LogP contribution < -0.4 is 10.6 Å². The van der Waals surface area contributed by atoms with E-state index in [1.54, 1.807) is 5.38 Å². The summed E-state index contributed by atoms with van der Waals surface area (Å²) in [6, 6.07) is 0.954. The summed E-state index contributed by atoms with van der Waals surface area (Å²) in [6.45, 7) is 0.319. The highest BCUT2D eigenvalue weighted by Gasteiger charge is 2.13. The maximum atomic E-state index is 11.5. The van der Waals surface area contributed by atoms with E-state index >= 15 is 0 Å². The predicted octanol–water partition coefficient (Wildman–Crippen LogP) is 1.19. The molecule has 0 radical (unpaired) electrons. The number of thiophene rings is 1. The number of rotatable bonds is 5. The van der Waals surface area contributed by atoms with Crippen LogP contribution in [-0.2, 0) is 6.42 Å². The first-order valence-electron chi connectivity index (χ1n) is 5.27. The van der Waals surface area contributed by atoms with Gasteiger partial charge in [-0.3, -0.25) is 5.32 Å². The Balaban J connectivity index is 1.81. The van der Waals surface area contributed by atoms with Crippen LogP contribution in [0.3, 0.4) is 0 Å². The first-order valence-corrected chi connectivity index (χ1v) is 6.15. The fourth-order valence-electron chi connectivity index (χ4n) is 1.31. The highest BCUT2D eigenvalue weighted by molar-refractivity contribution is 7.14. The van der Waals surface area contributed by atoms with E-state index in [0.717, 1.165) is 11.3 Å². The molecular weight excluding hydrogens is 272 g/mol. The van der Waals surface area contributed by atoms with Gasteiger partial charge in [-0.15, -0.1) is 11.3 Å². The third-order valence-electron chi connectivity index (χ3n) is 2.16. The Morgan fingerprint density at radius 1 is 1.47 bits per heavy atom. The number of nitrogens with one attached hydrogen (secondary N) is 2. The summed E-state index contributed by atoms with van der Waals surface area (Å²) in [5.41, 5.74) is 0.0679. The summed E-state index contributed by atoms with van der Waals surface area (Å²) in [7, 11) is 0. The van der Waals surface area contributed by atoms with Gasteiger partial charge in [0.1, 0.15) is 5.00 Å². The second-order valence-electron chi connectivity index (χ2n) is 3.45. The predicted molar refractivity (Wildman–Crippen MR) is 66.3 cm³/mol. The largest absolute Gasteiger partial charge is 0.478 e. The van der Waals surface area contributed by atoms with Gasteiger partial charge in [0.05, 0.1) is 5.56 Å². The number of amides is 2. The number of aromatic carboxylic acids is 1. The molecule has 0 bridgehead atoms. The number of carboxylic acid groups (broad SMARTS) is 1. The Labute approximate surface area is 111 Å². The van der Waals surface area contributed by atoms with Gasteiger partial charge in [-0.2, -0.15) is 4.98 Å². The highest BCUT2D eigenvalue weighted by Crippen LogP contribution is 2.22. The van der Waals surface area contributed by atoms with Crippen molar-refractivity contribution in [1.82, 2.24) is 15.5 Å². The van der Waals surface area contributed by atoms with Crippen LogP contribution in [0.2, 0.25) is 0 Å². The smallest absolute Gasteiger partial charge is 0.338 e. The number of nitrogens with zero attached hydrogens (tertiary/aromatic N) is 2. The van der Waals surface area contributed by atoms with Crippen molar-refractivity contribution in [3.05, 3.63) is 29.2 Å². The van der Waals surface area contributed by atoms with Gasteiger partial charge < -0.3 is 14.9 Å². The van der Waals surface area contributed by atoms with Gasteiger partial charge in [-0.05, 0) is 11.4 Å². The molecule has 19 heavy (non-hydrogen) atoms. The van der Waals surface area contributed by atoms with E-state index in [0.29, 0.717) is 23.8 Å². The van der Waals surface area contributed by atoms with E-state index in [-0.39, 0.29) is 5.56 Å². The molecule has 0 saturated heterocycles. The van der Waals surface area contributed by atoms with E-state index in [2.05, 4.69) is 25.3 Å². The van der Waals surface area contributed by atoms with Gasteiger partial charge in [0, 0.05) is 13.0 Å². The second kappa shape index (κ2) is 5.96. The Kier molecular flexibility index (Phi) is 4.08. The lowest BCUT2D eigenvalue weighted by Gasteiger charge is -2.05. The highest BCUT2D eigenvalue weighted by atomic mass is 32.1. The average Bonchev–Trinajstić information content (AvgIpc) is 2.99. The first-order chi connectivity index (χ1) is 9.16. The summed E-state index contributed by atoms with van der Waals surface area (Å²) < 4.78 is 4.55. The number of hydrogen-bond acceptors (Lipinski definition) is 6. The van der Waals surface area contributed by atoms with E-state index < -0.39 is 12.0 Å². The van der Waals surface area contributed by atoms with E-state index in [1.807, 2.05) is 0 Å². The van der Waals surface area contributed by atoms with Crippen molar-refractivity contribution in [2.24, 2.45) is 0 Å². The van der Waals surface area contributed by atoms with Gasteiger partial charge in [0.15, 0.2) is 5.82 Å². The summed E-state index contributed by atoms with van der Waals surface area (Å²) in [4.78, 5) is 26.2. The number of carboxylic acids is 1. The van der Waals surface area contributed by atoms with E-state index in [4.69, 9.17) is 5.11 Å².